The normalized spacial score (nSPS) is 24.3. The lowest BCUT2D eigenvalue weighted by molar-refractivity contribution is -0.145. The summed E-state index contributed by atoms with van der Waals surface area (Å²) in [5.74, 6) is -0.173. The largest absolute Gasteiger partial charge is 0.497 e. The van der Waals surface area contributed by atoms with E-state index >= 15 is 0 Å². The molecule has 1 N–H and O–H groups in total. The molecule has 6 heteroatoms. The lowest BCUT2D eigenvalue weighted by atomic mass is 9.98. The van der Waals surface area contributed by atoms with Gasteiger partial charge in [-0.1, -0.05) is 25.0 Å². The molecule has 1 amide bonds. The number of methoxy groups -OCH3 is 1. The fourth-order valence-electron chi connectivity index (χ4n) is 4.26. The molecule has 2 saturated heterocycles. The Morgan fingerprint density at radius 2 is 1.85 bits per heavy atom. The van der Waals surface area contributed by atoms with Gasteiger partial charge in [-0.15, -0.1) is 0 Å². The van der Waals surface area contributed by atoms with Crippen molar-refractivity contribution in [2.75, 3.05) is 33.3 Å². The average Bonchev–Trinajstić information content (AvgIpc) is 2.94. The summed E-state index contributed by atoms with van der Waals surface area (Å²) in [7, 11) is 1.65. The van der Waals surface area contributed by atoms with E-state index in [1.165, 1.54) is 0 Å². The van der Waals surface area contributed by atoms with Gasteiger partial charge in [-0.25, -0.2) is 0 Å². The van der Waals surface area contributed by atoms with Crippen LogP contribution in [0, 0.1) is 5.92 Å². The van der Waals surface area contributed by atoms with Crippen LogP contribution in [0.5, 0.6) is 5.75 Å². The smallest absolute Gasteiger partial charge is 0.307 e. The van der Waals surface area contributed by atoms with E-state index in [1.54, 1.807) is 7.11 Å². The Morgan fingerprint density at radius 3 is 2.56 bits per heavy atom. The number of benzene rings is 1. The Balaban J connectivity index is 1.70. The van der Waals surface area contributed by atoms with E-state index in [0.717, 1.165) is 56.5 Å². The van der Waals surface area contributed by atoms with Gasteiger partial charge in [0.05, 0.1) is 25.6 Å². The Hall–Kier alpha value is -2.08. The zero-order chi connectivity index (χ0) is 19.2. The molecule has 27 heavy (non-hydrogen) atoms. The summed E-state index contributed by atoms with van der Waals surface area (Å²) in [6, 6.07) is 8.09. The molecular weight excluding hydrogens is 344 g/mol. The number of amides is 1. The zero-order valence-electron chi connectivity index (χ0n) is 16.1. The van der Waals surface area contributed by atoms with Crippen LogP contribution < -0.4 is 4.74 Å². The van der Waals surface area contributed by atoms with Gasteiger partial charge >= 0.3 is 5.97 Å². The number of aliphatic carboxylic acids is 1. The van der Waals surface area contributed by atoms with Crippen LogP contribution in [0.3, 0.4) is 0 Å². The SMILES string of the molecule is COc1ccc(C2CCCCCN2C(=O)CN2CCCC(C(=O)O)C2)cc1. The molecule has 2 aliphatic rings. The topological polar surface area (TPSA) is 70.1 Å². The number of hydrogen-bond acceptors (Lipinski definition) is 4. The molecule has 1 aromatic carbocycles. The molecule has 0 saturated carbocycles. The molecule has 2 unspecified atom stereocenters. The highest BCUT2D eigenvalue weighted by molar-refractivity contribution is 5.79. The summed E-state index contributed by atoms with van der Waals surface area (Å²) < 4.78 is 5.25. The number of nitrogens with zero attached hydrogens (tertiary/aromatic N) is 2. The van der Waals surface area contributed by atoms with Crippen molar-refractivity contribution in [2.45, 2.75) is 44.6 Å². The van der Waals surface area contributed by atoms with Gasteiger partial charge in [0.2, 0.25) is 5.91 Å². The van der Waals surface area contributed by atoms with E-state index in [1.807, 2.05) is 21.9 Å². The number of likely N-dealkylation sites (tertiary alicyclic amines) is 2. The van der Waals surface area contributed by atoms with Gasteiger partial charge in [-0.3, -0.25) is 14.5 Å². The molecule has 2 aliphatic heterocycles. The molecule has 0 aliphatic carbocycles. The van der Waals surface area contributed by atoms with Crippen LogP contribution in [-0.2, 0) is 9.59 Å². The number of rotatable bonds is 5. The Bertz CT molecular complexity index is 646. The van der Waals surface area contributed by atoms with Crippen LogP contribution in [0.1, 0.15) is 50.1 Å². The summed E-state index contributed by atoms with van der Waals surface area (Å²) in [5, 5.41) is 9.28. The summed E-state index contributed by atoms with van der Waals surface area (Å²) in [5.41, 5.74) is 1.15. The molecule has 0 spiro atoms. The van der Waals surface area contributed by atoms with E-state index in [0.29, 0.717) is 19.5 Å². The van der Waals surface area contributed by atoms with Gasteiger partial charge in [0.1, 0.15) is 5.75 Å². The quantitative estimate of drug-likeness (QED) is 0.858. The number of carboxylic acids is 1. The second-order valence-electron chi connectivity index (χ2n) is 7.64. The van der Waals surface area contributed by atoms with Crippen molar-refractivity contribution in [3.63, 3.8) is 0 Å². The minimum absolute atomic E-state index is 0.0889. The fourth-order valence-corrected chi connectivity index (χ4v) is 4.26. The predicted octanol–water partition coefficient (Wildman–Crippen LogP) is 2.94. The molecule has 2 heterocycles. The van der Waals surface area contributed by atoms with Crippen LogP contribution in [0.2, 0.25) is 0 Å². The van der Waals surface area contributed by atoms with Crippen LogP contribution in [0.25, 0.3) is 0 Å². The van der Waals surface area contributed by atoms with Crippen LogP contribution in [-0.4, -0.2) is 60.1 Å². The number of piperidine rings is 1. The van der Waals surface area contributed by atoms with Gasteiger partial charge in [-0.2, -0.15) is 0 Å². The minimum Gasteiger partial charge on any atom is -0.497 e. The highest BCUT2D eigenvalue weighted by atomic mass is 16.5. The maximum Gasteiger partial charge on any atom is 0.307 e. The third kappa shape index (κ3) is 5.01. The molecular formula is C21H30N2O4. The molecule has 0 radical (unpaired) electrons. The van der Waals surface area contributed by atoms with Gasteiger partial charge in [0, 0.05) is 13.1 Å². The van der Waals surface area contributed by atoms with Crippen LogP contribution in [0.4, 0.5) is 0 Å². The third-order valence-electron chi connectivity index (χ3n) is 5.79. The Labute approximate surface area is 161 Å². The van der Waals surface area contributed by atoms with Crippen molar-refractivity contribution >= 4 is 11.9 Å². The van der Waals surface area contributed by atoms with Crippen molar-refractivity contribution < 1.29 is 19.4 Å². The van der Waals surface area contributed by atoms with E-state index in [2.05, 4.69) is 12.1 Å². The highest BCUT2D eigenvalue weighted by Crippen LogP contribution is 2.31. The van der Waals surface area contributed by atoms with Gasteiger partial charge in [0.25, 0.3) is 0 Å². The first-order valence-electron chi connectivity index (χ1n) is 9.97. The van der Waals surface area contributed by atoms with Crippen LogP contribution >= 0.6 is 0 Å². The lowest BCUT2D eigenvalue weighted by Crippen LogP contribution is -2.46. The number of ether oxygens (including phenoxy) is 1. The molecule has 6 nitrogen and oxygen atoms in total. The average molecular weight is 374 g/mol. The molecule has 148 valence electrons. The number of carboxylic acid groups (broad SMARTS) is 1. The highest BCUT2D eigenvalue weighted by Gasteiger charge is 2.31. The zero-order valence-corrected chi connectivity index (χ0v) is 16.1. The van der Waals surface area contributed by atoms with Gasteiger partial charge < -0.3 is 14.7 Å². The summed E-state index contributed by atoms with van der Waals surface area (Å²) in [4.78, 5) is 28.4. The summed E-state index contributed by atoms with van der Waals surface area (Å²) in [6.07, 6.45) is 5.79. The van der Waals surface area contributed by atoms with Crippen molar-refractivity contribution in [2.24, 2.45) is 5.92 Å². The van der Waals surface area contributed by atoms with E-state index < -0.39 is 5.97 Å². The van der Waals surface area contributed by atoms with Crippen molar-refractivity contribution in [1.29, 1.82) is 0 Å². The minimum atomic E-state index is -0.752. The van der Waals surface area contributed by atoms with E-state index in [4.69, 9.17) is 4.74 Å². The first-order valence-corrected chi connectivity index (χ1v) is 9.97. The van der Waals surface area contributed by atoms with E-state index in [9.17, 15) is 14.7 Å². The first-order chi connectivity index (χ1) is 13.1. The second-order valence-corrected chi connectivity index (χ2v) is 7.64. The standard InChI is InChI=1S/C21H30N2O4/c1-27-18-10-8-16(9-11-18)19-7-3-2-4-13-23(19)20(24)15-22-12-5-6-17(14-22)21(25)26/h8-11,17,19H,2-7,12-15H2,1H3,(H,25,26). The molecule has 0 bridgehead atoms. The van der Waals surface area contributed by atoms with Gasteiger partial charge in [-0.05, 0) is 49.9 Å². The third-order valence-corrected chi connectivity index (χ3v) is 5.79. The fraction of sp³-hybridized carbons (Fsp3) is 0.619. The molecule has 2 atom stereocenters. The Kier molecular flexibility index (Phi) is 6.72. The first kappa shape index (κ1) is 19.7. The van der Waals surface area contributed by atoms with Crippen molar-refractivity contribution in [3.05, 3.63) is 29.8 Å². The van der Waals surface area contributed by atoms with Gasteiger partial charge in [0.15, 0.2) is 0 Å². The second kappa shape index (κ2) is 9.22. The molecule has 0 aromatic heterocycles. The van der Waals surface area contributed by atoms with Crippen LogP contribution in [0.15, 0.2) is 24.3 Å². The number of carbonyl (C=O) groups excluding carboxylic acids is 1. The monoisotopic (exact) mass is 374 g/mol. The Morgan fingerprint density at radius 1 is 1.07 bits per heavy atom. The van der Waals surface area contributed by atoms with Crippen molar-refractivity contribution in [3.8, 4) is 5.75 Å². The van der Waals surface area contributed by atoms with E-state index in [-0.39, 0.29) is 17.9 Å². The summed E-state index contributed by atoms with van der Waals surface area (Å²) in [6.45, 7) is 2.36. The number of carbonyl (C=O) groups is 2. The molecule has 2 fully saturated rings. The lowest BCUT2D eigenvalue weighted by Gasteiger charge is -2.35. The molecule has 3 rings (SSSR count). The number of hydrogen-bond donors (Lipinski definition) is 1. The summed E-state index contributed by atoms with van der Waals surface area (Å²) >= 11 is 0. The predicted molar refractivity (Wildman–Crippen MR) is 103 cm³/mol. The maximum atomic E-state index is 13.1. The van der Waals surface area contributed by atoms with Crippen molar-refractivity contribution in [1.82, 2.24) is 9.80 Å². The molecule has 1 aromatic rings. The maximum absolute atomic E-state index is 13.1.